The predicted octanol–water partition coefficient (Wildman–Crippen LogP) is 7.91. The van der Waals surface area contributed by atoms with Gasteiger partial charge in [-0.05, 0) is 51.7 Å². The summed E-state index contributed by atoms with van der Waals surface area (Å²) in [6, 6.07) is 46.5. The molecular formula is C47H49NO7Si. The Hall–Kier alpha value is -5.61. The van der Waals surface area contributed by atoms with Crippen LogP contribution in [0.4, 0.5) is 4.79 Å². The second-order valence-corrected chi connectivity index (χ2v) is 19.3. The van der Waals surface area contributed by atoms with Gasteiger partial charge < -0.3 is 18.6 Å². The molecule has 1 aliphatic rings. The highest BCUT2D eigenvalue weighted by atomic mass is 28.4. The number of ether oxygens (including phenoxy) is 3. The average Bonchev–Trinajstić information content (AvgIpc) is 3.51. The van der Waals surface area contributed by atoms with Crippen LogP contribution in [0.25, 0.3) is 0 Å². The number of likely N-dealkylation sites (tertiary alicyclic amines) is 1. The summed E-state index contributed by atoms with van der Waals surface area (Å²) in [5, 5.41) is 1.76. The summed E-state index contributed by atoms with van der Waals surface area (Å²) >= 11 is 0. The third kappa shape index (κ3) is 9.25. The first-order valence-corrected chi connectivity index (χ1v) is 20.8. The minimum Gasteiger partial charge on any atom is -0.453 e. The number of hydrogen-bond donors (Lipinski definition) is 0. The van der Waals surface area contributed by atoms with E-state index in [-0.39, 0.29) is 30.6 Å². The number of allylic oxidation sites excluding steroid dienone is 1. The smallest absolute Gasteiger partial charge is 0.411 e. The third-order valence-corrected chi connectivity index (χ3v) is 15.1. The fourth-order valence-electron chi connectivity index (χ4n) is 7.46. The minimum atomic E-state index is -3.15. The Bertz CT molecular complexity index is 2020. The molecule has 5 aromatic rings. The van der Waals surface area contributed by atoms with Crippen molar-refractivity contribution in [3.8, 4) is 0 Å². The van der Waals surface area contributed by atoms with Gasteiger partial charge in [0.15, 0.2) is 11.9 Å². The van der Waals surface area contributed by atoms with Gasteiger partial charge in [0.25, 0.3) is 8.32 Å². The standard InChI is InChI=1S/C47H49NO7Si/c1-35(49)30-31-41-44(55-45(50)38-24-14-7-15-25-38)43(52-32-36-20-10-5-11-21-36)42(48(41)46(51)53-33-37-22-12-6-13-23-37)34-54-56(47(2,3)4,39-26-16-8-17-27-39)40-28-18-9-19-29-40/h5-31,41-44H,32-34H2,1-4H3/b31-30+/t41-,42?,43-,44-/m1/s1. The third-order valence-electron chi connectivity index (χ3n) is 10.1. The first kappa shape index (κ1) is 40.1. The van der Waals surface area contributed by atoms with Crippen molar-refractivity contribution in [3.05, 3.63) is 181 Å². The molecule has 5 aromatic carbocycles. The first-order valence-electron chi connectivity index (χ1n) is 18.9. The van der Waals surface area contributed by atoms with Crippen molar-refractivity contribution in [3.63, 3.8) is 0 Å². The summed E-state index contributed by atoms with van der Waals surface area (Å²) in [5.74, 6) is -0.819. The van der Waals surface area contributed by atoms with Gasteiger partial charge >= 0.3 is 12.1 Å². The van der Waals surface area contributed by atoms with Gasteiger partial charge in [-0.15, -0.1) is 0 Å². The minimum absolute atomic E-state index is 0.00557. The number of carbonyl (C=O) groups is 3. The molecule has 0 spiro atoms. The van der Waals surface area contributed by atoms with Gasteiger partial charge in [-0.1, -0.05) is 166 Å². The maximum Gasteiger partial charge on any atom is 0.411 e. The lowest BCUT2D eigenvalue weighted by Gasteiger charge is -2.44. The maximum absolute atomic E-state index is 14.6. The summed E-state index contributed by atoms with van der Waals surface area (Å²) in [5.41, 5.74) is 2.04. The molecular weight excluding hydrogens is 719 g/mol. The highest BCUT2D eigenvalue weighted by molar-refractivity contribution is 6.99. The van der Waals surface area contributed by atoms with Crippen LogP contribution in [0.5, 0.6) is 0 Å². The lowest BCUT2D eigenvalue weighted by Crippen LogP contribution is -2.67. The summed E-state index contributed by atoms with van der Waals surface area (Å²) in [7, 11) is -3.15. The van der Waals surface area contributed by atoms with Crippen LogP contribution in [0.15, 0.2) is 164 Å². The Morgan fingerprint density at radius 1 is 0.661 bits per heavy atom. The zero-order valence-electron chi connectivity index (χ0n) is 32.3. The van der Waals surface area contributed by atoms with Crippen molar-refractivity contribution in [2.45, 2.75) is 70.2 Å². The van der Waals surface area contributed by atoms with Crippen LogP contribution in [0, 0.1) is 0 Å². The molecule has 9 heteroatoms. The van der Waals surface area contributed by atoms with Gasteiger partial charge in [0.1, 0.15) is 12.7 Å². The molecule has 1 fully saturated rings. The molecule has 1 aliphatic heterocycles. The second kappa shape index (κ2) is 18.3. The molecule has 288 valence electrons. The predicted molar refractivity (Wildman–Crippen MR) is 220 cm³/mol. The van der Waals surface area contributed by atoms with Crippen LogP contribution in [-0.4, -0.2) is 62.0 Å². The molecule has 0 radical (unpaired) electrons. The molecule has 6 rings (SSSR count). The summed E-state index contributed by atoms with van der Waals surface area (Å²) in [4.78, 5) is 42.6. The van der Waals surface area contributed by atoms with Gasteiger partial charge in [-0.3, -0.25) is 9.69 Å². The molecule has 1 amide bonds. The van der Waals surface area contributed by atoms with Crippen molar-refractivity contribution >= 4 is 36.5 Å². The highest BCUT2D eigenvalue weighted by Gasteiger charge is 2.56. The fraction of sp³-hybridized carbons (Fsp3) is 0.255. The van der Waals surface area contributed by atoms with E-state index in [4.69, 9.17) is 18.6 Å². The van der Waals surface area contributed by atoms with Crippen molar-refractivity contribution in [2.75, 3.05) is 6.61 Å². The molecule has 0 bridgehead atoms. The first-order chi connectivity index (χ1) is 27.1. The summed E-state index contributed by atoms with van der Waals surface area (Å²) in [6.07, 6.45) is 0.405. The zero-order chi connectivity index (χ0) is 39.5. The van der Waals surface area contributed by atoms with Crippen LogP contribution in [-0.2, 0) is 36.6 Å². The summed E-state index contributed by atoms with van der Waals surface area (Å²) < 4.78 is 26.6. The van der Waals surface area contributed by atoms with Crippen LogP contribution in [0.1, 0.15) is 49.2 Å². The second-order valence-electron chi connectivity index (χ2n) is 14.9. The molecule has 4 atom stereocenters. The number of nitrogens with zero attached hydrogens (tertiary/aromatic N) is 1. The van der Waals surface area contributed by atoms with Crippen molar-refractivity contribution in [2.24, 2.45) is 0 Å². The van der Waals surface area contributed by atoms with Gasteiger partial charge in [-0.2, -0.15) is 0 Å². The van der Waals surface area contributed by atoms with E-state index in [1.54, 1.807) is 35.2 Å². The molecule has 0 aliphatic carbocycles. The van der Waals surface area contributed by atoms with Crippen LogP contribution < -0.4 is 10.4 Å². The van der Waals surface area contributed by atoms with E-state index in [0.29, 0.717) is 5.56 Å². The molecule has 1 unspecified atom stereocenters. The largest absolute Gasteiger partial charge is 0.453 e. The number of rotatable bonds is 14. The quantitative estimate of drug-likeness (QED) is 0.0645. The topological polar surface area (TPSA) is 91.4 Å². The van der Waals surface area contributed by atoms with E-state index in [2.05, 4.69) is 45.0 Å². The maximum atomic E-state index is 14.6. The molecule has 8 nitrogen and oxygen atoms in total. The van der Waals surface area contributed by atoms with Crippen LogP contribution >= 0.6 is 0 Å². The van der Waals surface area contributed by atoms with Gasteiger partial charge in [0.2, 0.25) is 0 Å². The normalized spacial score (nSPS) is 18.5. The number of amides is 1. The van der Waals surface area contributed by atoms with Crippen molar-refractivity contribution < 1.29 is 33.0 Å². The van der Waals surface area contributed by atoms with Gasteiger partial charge in [-0.25, -0.2) is 9.59 Å². The Morgan fingerprint density at radius 3 is 1.64 bits per heavy atom. The zero-order valence-corrected chi connectivity index (χ0v) is 33.3. The lowest BCUT2D eigenvalue weighted by molar-refractivity contribution is -0.112. The van der Waals surface area contributed by atoms with Crippen LogP contribution in [0.2, 0.25) is 5.04 Å². The van der Waals surface area contributed by atoms with Gasteiger partial charge in [0.05, 0.1) is 30.9 Å². The Morgan fingerprint density at radius 2 is 1.14 bits per heavy atom. The van der Waals surface area contributed by atoms with E-state index in [0.717, 1.165) is 21.5 Å². The van der Waals surface area contributed by atoms with E-state index < -0.39 is 44.7 Å². The molecule has 56 heavy (non-hydrogen) atoms. The molecule has 1 saturated heterocycles. The number of carbonyl (C=O) groups excluding carboxylic acids is 3. The van der Waals surface area contributed by atoms with Crippen molar-refractivity contribution in [1.82, 2.24) is 4.90 Å². The molecule has 0 aromatic heterocycles. The fourth-order valence-corrected chi connectivity index (χ4v) is 12.0. The Labute approximate surface area is 330 Å². The van der Waals surface area contributed by atoms with E-state index in [1.165, 1.54) is 13.0 Å². The SMILES string of the molecule is CC(=O)/C=C/[C@@H]1[C@@H](OC(=O)c2ccccc2)[C@H](OCc2ccccc2)C(CO[Si](c2ccccc2)(c2ccccc2)C(C)(C)C)N1C(=O)OCc1ccccc1. The monoisotopic (exact) mass is 767 g/mol. The number of esters is 1. The Balaban J connectivity index is 1.48. The molecule has 0 N–H and O–H groups in total. The highest BCUT2D eigenvalue weighted by Crippen LogP contribution is 2.39. The van der Waals surface area contributed by atoms with Gasteiger partial charge in [0, 0.05) is 0 Å². The molecule has 1 heterocycles. The lowest BCUT2D eigenvalue weighted by atomic mass is 10.1. The number of hydrogen-bond acceptors (Lipinski definition) is 7. The number of ketones is 1. The van der Waals surface area contributed by atoms with E-state index in [1.807, 2.05) is 103 Å². The van der Waals surface area contributed by atoms with E-state index >= 15 is 0 Å². The van der Waals surface area contributed by atoms with E-state index in [9.17, 15) is 14.4 Å². The number of benzene rings is 5. The Kier molecular flexibility index (Phi) is 13.1. The van der Waals surface area contributed by atoms with Crippen molar-refractivity contribution in [1.29, 1.82) is 0 Å². The van der Waals surface area contributed by atoms with Crippen LogP contribution in [0.3, 0.4) is 0 Å². The molecule has 0 saturated carbocycles. The average molecular weight is 768 g/mol. The summed E-state index contributed by atoms with van der Waals surface area (Å²) in [6.45, 7) is 8.17.